The summed E-state index contributed by atoms with van der Waals surface area (Å²) in [6, 6.07) is 5.06. The maximum absolute atomic E-state index is 11.7. The van der Waals surface area contributed by atoms with E-state index in [-0.39, 0.29) is 12.5 Å². The average Bonchev–Trinajstić information content (AvgIpc) is 2.28. The van der Waals surface area contributed by atoms with Crippen LogP contribution in [0.4, 0.5) is 11.4 Å². The molecule has 0 aliphatic carbocycles. The number of benzene rings is 1. The van der Waals surface area contributed by atoms with E-state index in [1.807, 2.05) is 19.9 Å². The van der Waals surface area contributed by atoms with Crippen molar-refractivity contribution in [3.63, 3.8) is 0 Å². The van der Waals surface area contributed by atoms with E-state index in [2.05, 4.69) is 10.6 Å². The molecule has 0 spiro atoms. The zero-order chi connectivity index (χ0) is 12.6. The highest BCUT2D eigenvalue weighted by Gasteiger charge is 2.32. The van der Waals surface area contributed by atoms with Crippen molar-refractivity contribution in [3.8, 4) is 0 Å². The van der Waals surface area contributed by atoms with E-state index < -0.39 is 11.6 Å². The van der Waals surface area contributed by atoms with Crippen LogP contribution in [0.15, 0.2) is 18.2 Å². The minimum Gasteiger partial charge on any atom is -0.394 e. The van der Waals surface area contributed by atoms with Gasteiger partial charge in [0, 0.05) is 0 Å². The second-order valence-corrected chi connectivity index (χ2v) is 4.80. The van der Waals surface area contributed by atoms with Crippen molar-refractivity contribution in [1.82, 2.24) is 0 Å². The quantitative estimate of drug-likeness (QED) is 0.611. The SMILES string of the molecule is CC1(C)Nc2cc(C(N)CO)ccc2NC1=O. The van der Waals surface area contributed by atoms with Gasteiger partial charge in [0.2, 0.25) is 5.91 Å². The third-order valence-corrected chi connectivity index (χ3v) is 2.93. The fraction of sp³-hybridized carbons (Fsp3) is 0.417. The molecule has 92 valence electrons. The van der Waals surface area contributed by atoms with Gasteiger partial charge in [-0.2, -0.15) is 0 Å². The van der Waals surface area contributed by atoms with Crippen molar-refractivity contribution in [3.05, 3.63) is 23.8 Å². The lowest BCUT2D eigenvalue weighted by atomic mass is 9.98. The molecular weight excluding hydrogens is 218 g/mol. The number of anilines is 2. The van der Waals surface area contributed by atoms with Gasteiger partial charge in [-0.1, -0.05) is 6.07 Å². The number of carbonyl (C=O) groups is 1. The van der Waals surface area contributed by atoms with E-state index in [1.54, 1.807) is 12.1 Å². The minimum absolute atomic E-state index is 0.0655. The minimum atomic E-state index is -0.644. The topological polar surface area (TPSA) is 87.4 Å². The lowest BCUT2D eigenvalue weighted by Gasteiger charge is -2.33. The molecule has 1 aliphatic rings. The Morgan fingerprint density at radius 1 is 1.41 bits per heavy atom. The zero-order valence-electron chi connectivity index (χ0n) is 9.95. The van der Waals surface area contributed by atoms with Crippen LogP contribution in [0.2, 0.25) is 0 Å². The molecule has 1 unspecified atom stereocenters. The van der Waals surface area contributed by atoms with Gasteiger partial charge in [0.15, 0.2) is 0 Å². The number of fused-ring (bicyclic) bond motifs is 1. The Morgan fingerprint density at radius 3 is 2.76 bits per heavy atom. The summed E-state index contributed by atoms with van der Waals surface area (Å²) in [5.41, 5.74) is 7.52. The fourth-order valence-corrected chi connectivity index (χ4v) is 1.78. The Bertz CT molecular complexity index is 457. The highest BCUT2D eigenvalue weighted by molar-refractivity contribution is 6.05. The van der Waals surface area contributed by atoms with Crippen molar-refractivity contribution in [2.45, 2.75) is 25.4 Å². The number of aliphatic hydroxyl groups excluding tert-OH is 1. The summed E-state index contributed by atoms with van der Waals surface area (Å²) in [5, 5.41) is 15.0. The maximum Gasteiger partial charge on any atom is 0.249 e. The van der Waals surface area contributed by atoms with Crippen LogP contribution in [0.1, 0.15) is 25.5 Å². The van der Waals surface area contributed by atoms with Gasteiger partial charge in [-0.15, -0.1) is 0 Å². The number of nitrogens with two attached hydrogens (primary N) is 1. The van der Waals surface area contributed by atoms with Crippen LogP contribution in [-0.4, -0.2) is 23.2 Å². The molecule has 0 saturated carbocycles. The Labute approximate surface area is 100 Å². The van der Waals surface area contributed by atoms with Crippen molar-refractivity contribution in [2.24, 2.45) is 5.73 Å². The van der Waals surface area contributed by atoms with Gasteiger partial charge in [-0.05, 0) is 31.5 Å². The van der Waals surface area contributed by atoms with Gasteiger partial charge in [-0.25, -0.2) is 0 Å². The number of nitrogens with one attached hydrogen (secondary N) is 2. The Morgan fingerprint density at radius 2 is 2.12 bits per heavy atom. The number of carbonyl (C=O) groups excluding carboxylic acids is 1. The second-order valence-electron chi connectivity index (χ2n) is 4.80. The molecule has 1 amide bonds. The van der Waals surface area contributed by atoms with E-state index in [9.17, 15) is 4.79 Å². The molecule has 17 heavy (non-hydrogen) atoms. The summed E-state index contributed by atoms with van der Waals surface area (Å²) in [6.45, 7) is 3.52. The summed E-state index contributed by atoms with van der Waals surface area (Å²) < 4.78 is 0. The molecule has 0 saturated heterocycles. The van der Waals surface area contributed by atoms with Gasteiger partial charge in [0.1, 0.15) is 5.54 Å². The Hall–Kier alpha value is -1.59. The van der Waals surface area contributed by atoms with Crippen molar-refractivity contribution in [2.75, 3.05) is 17.2 Å². The summed E-state index contributed by atoms with van der Waals surface area (Å²) in [5.74, 6) is -0.0655. The van der Waals surface area contributed by atoms with E-state index >= 15 is 0 Å². The predicted octanol–water partition coefficient (Wildman–Crippen LogP) is 0.821. The number of hydrogen-bond donors (Lipinski definition) is 4. The summed E-state index contributed by atoms with van der Waals surface area (Å²) >= 11 is 0. The van der Waals surface area contributed by atoms with Gasteiger partial charge in [-0.3, -0.25) is 4.79 Å². The molecule has 0 fully saturated rings. The highest BCUT2D eigenvalue weighted by Crippen LogP contribution is 2.32. The molecule has 0 aromatic heterocycles. The molecular formula is C12H17N3O2. The third kappa shape index (κ3) is 2.11. The monoisotopic (exact) mass is 235 g/mol. The van der Waals surface area contributed by atoms with Crippen molar-refractivity contribution < 1.29 is 9.90 Å². The molecule has 1 aromatic carbocycles. The Balaban J connectivity index is 2.37. The van der Waals surface area contributed by atoms with Crippen LogP contribution < -0.4 is 16.4 Å². The predicted molar refractivity (Wildman–Crippen MR) is 66.8 cm³/mol. The van der Waals surface area contributed by atoms with Gasteiger partial charge in [0.25, 0.3) is 0 Å². The van der Waals surface area contributed by atoms with E-state index in [4.69, 9.17) is 10.8 Å². The van der Waals surface area contributed by atoms with Crippen LogP contribution >= 0.6 is 0 Å². The lowest BCUT2D eigenvalue weighted by Crippen LogP contribution is -2.47. The first kappa shape index (κ1) is 11.9. The number of hydrogen-bond acceptors (Lipinski definition) is 4. The second kappa shape index (κ2) is 4.01. The lowest BCUT2D eigenvalue weighted by molar-refractivity contribution is -0.119. The molecule has 1 aromatic rings. The van der Waals surface area contributed by atoms with Crippen LogP contribution in [-0.2, 0) is 4.79 Å². The fourth-order valence-electron chi connectivity index (χ4n) is 1.78. The molecule has 0 bridgehead atoms. The smallest absolute Gasteiger partial charge is 0.249 e. The largest absolute Gasteiger partial charge is 0.394 e. The highest BCUT2D eigenvalue weighted by atomic mass is 16.3. The van der Waals surface area contributed by atoms with E-state index in [0.29, 0.717) is 0 Å². The first-order chi connectivity index (χ1) is 7.94. The number of amides is 1. The van der Waals surface area contributed by atoms with Gasteiger partial charge in [0.05, 0.1) is 24.0 Å². The standard InChI is InChI=1S/C12H17N3O2/c1-12(2)11(17)14-9-4-3-7(8(13)6-16)5-10(9)15-12/h3-5,8,15-16H,6,13H2,1-2H3,(H,14,17). The summed E-state index contributed by atoms with van der Waals surface area (Å²) in [4.78, 5) is 11.7. The normalized spacial score (nSPS) is 18.9. The van der Waals surface area contributed by atoms with E-state index in [0.717, 1.165) is 16.9 Å². The molecule has 2 rings (SSSR count). The van der Waals surface area contributed by atoms with Crippen LogP contribution in [0, 0.1) is 0 Å². The summed E-state index contributed by atoms with van der Waals surface area (Å²) in [6.07, 6.45) is 0. The number of rotatable bonds is 2. The number of aliphatic hydroxyl groups is 1. The first-order valence-corrected chi connectivity index (χ1v) is 5.54. The summed E-state index contributed by atoms with van der Waals surface area (Å²) in [7, 11) is 0. The van der Waals surface area contributed by atoms with Crippen LogP contribution in [0.3, 0.4) is 0 Å². The first-order valence-electron chi connectivity index (χ1n) is 5.54. The average molecular weight is 235 g/mol. The van der Waals surface area contributed by atoms with Gasteiger partial charge < -0.3 is 21.5 Å². The molecule has 1 heterocycles. The van der Waals surface area contributed by atoms with Gasteiger partial charge >= 0.3 is 0 Å². The third-order valence-electron chi connectivity index (χ3n) is 2.93. The molecule has 5 N–H and O–H groups in total. The maximum atomic E-state index is 11.7. The molecule has 5 nitrogen and oxygen atoms in total. The molecule has 1 aliphatic heterocycles. The van der Waals surface area contributed by atoms with Crippen molar-refractivity contribution >= 4 is 17.3 Å². The van der Waals surface area contributed by atoms with Crippen molar-refractivity contribution in [1.29, 1.82) is 0 Å². The molecule has 1 atom stereocenters. The molecule has 0 radical (unpaired) electrons. The van der Waals surface area contributed by atoms with Crippen LogP contribution in [0.5, 0.6) is 0 Å². The van der Waals surface area contributed by atoms with E-state index in [1.165, 1.54) is 0 Å². The zero-order valence-corrected chi connectivity index (χ0v) is 9.95. The van der Waals surface area contributed by atoms with Crippen LogP contribution in [0.25, 0.3) is 0 Å². The molecule has 5 heteroatoms. The Kier molecular flexibility index (Phi) is 2.81.